The molecule has 2 N–H and O–H groups in total. The summed E-state index contributed by atoms with van der Waals surface area (Å²) in [5.41, 5.74) is 0.453. The van der Waals surface area contributed by atoms with Crippen molar-refractivity contribution < 1.29 is 9.50 Å². The number of hydrogen-bond acceptors (Lipinski definition) is 3. The van der Waals surface area contributed by atoms with E-state index in [2.05, 4.69) is 10.2 Å². The van der Waals surface area contributed by atoms with Crippen LogP contribution >= 0.6 is 35.6 Å². The van der Waals surface area contributed by atoms with Crippen molar-refractivity contribution in [3.8, 4) is 0 Å². The van der Waals surface area contributed by atoms with E-state index in [1.165, 1.54) is 12.1 Å². The molecule has 0 saturated carbocycles. The molecule has 0 bridgehead atoms. The highest BCUT2D eigenvalue weighted by molar-refractivity contribution is 6.42. The van der Waals surface area contributed by atoms with Crippen LogP contribution in [-0.2, 0) is 0 Å². The molecule has 1 atom stereocenters. The Balaban J connectivity index is 0.00000220. The summed E-state index contributed by atoms with van der Waals surface area (Å²) in [5, 5.41) is 13.0. The van der Waals surface area contributed by atoms with Crippen molar-refractivity contribution in [3.05, 3.63) is 33.6 Å². The minimum atomic E-state index is -0.333. The monoisotopic (exact) mass is 356 g/mol. The van der Waals surface area contributed by atoms with E-state index < -0.39 is 0 Å². The molecule has 120 valence electrons. The summed E-state index contributed by atoms with van der Waals surface area (Å²) in [6, 6.07) is 2.69. The van der Waals surface area contributed by atoms with Gasteiger partial charge in [0.15, 0.2) is 0 Å². The molecule has 0 aliphatic carbocycles. The molecule has 0 spiro atoms. The number of rotatable bonds is 5. The van der Waals surface area contributed by atoms with Crippen molar-refractivity contribution in [2.24, 2.45) is 0 Å². The predicted octanol–water partition coefficient (Wildman–Crippen LogP) is 3.27. The first-order valence-corrected chi connectivity index (χ1v) is 7.59. The van der Waals surface area contributed by atoms with Crippen LogP contribution in [0, 0.1) is 5.82 Å². The summed E-state index contributed by atoms with van der Waals surface area (Å²) in [5.74, 6) is -0.333. The number of hydrogen-bond donors (Lipinski definition) is 2. The molecule has 0 amide bonds. The van der Waals surface area contributed by atoms with E-state index in [4.69, 9.17) is 28.3 Å². The Hall–Kier alpha value is -0.100. The van der Waals surface area contributed by atoms with Gasteiger partial charge in [-0.25, -0.2) is 4.39 Å². The normalized spacial score (nSPS) is 17.3. The van der Waals surface area contributed by atoms with Crippen LogP contribution in [0.3, 0.4) is 0 Å². The fourth-order valence-corrected chi connectivity index (χ4v) is 3.08. The smallest absolute Gasteiger partial charge is 0.129 e. The van der Waals surface area contributed by atoms with Gasteiger partial charge in [0.05, 0.1) is 10.0 Å². The zero-order valence-corrected chi connectivity index (χ0v) is 13.9. The second kappa shape index (κ2) is 9.13. The van der Waals surface area contributed by atoms with Gasteiger partial charge in [-0.15, -0.1) is 12.4 Å². The van der Waals surface area contributed by atoms with E-state index in [-0.39, 0.29) is 35.9 Å². The fraction of sp³-hybridized carbons (Fsp3) is 0.571. The molecule has 1 aromatic carbocycles. The van der Waals surface area contributed by atoms with E-state index in [1.54, 1.807) is 0 Å². The van der Waals surface area contributed by atoms with Gasteiger partial charge in [-0.3, -0.25) is 4.90 Å². The average Bonchev–Trinajstić information content (AvgIpc) is 2.47. The lowest BCUT2D eigenvalue weighted by Crippen LogP contribution is -2.45. The van der Waals surface area contributed by atoms with E-state index in [0.717, 1.165) is 26.2 Å². The lowest BCUT2D eigenvalue weighted by atomic mass is 9.99. The van der Waals surface area contributed by atoms with Gasteiger partial charge in [-0.1, -0.05) is 23.2 Å². The zero-order chi connectivity index (χ0) is 14.5. The van der Waals surface area contributed by atoms with Crippen molar-refractivity contribution in [3.63, 3.8) is 0 Å². The quantitative estimate of drug-likeness (QED) is 0.794. The first kappa shape index (κ1) is 18.9. The molecule has 0 radical (unpaired) electrons. The third-order valence-electron chi connectivity index (χ3n) is 3.64. The van der Waals surface area contributed by atoms with Gasteiger partial charge in [0.25, 0.3) is 0 Å². The van der Waals surface area contributed by atoms with Crippen molar-refractivity contribution in [2.45, 2.75) is 18.9 Å². The summed E-state index contributed by atoms with van der Waals surface area (Å²) < 4.78 is 14.2. The Kier molecular flexibility index (Phi) is 8.24. The highest BCUT2D eigenvalue weighted by Gasteiger charge is 2.27. The van der Waals surface area contributed by atoms with Crippen LogP contribution in [0.1, 0.15) is 24.4 Å². The first-order valence-electron chi connectivity index (χ1n) is 6.84. The zero-order valence-electron chi connectivity index (χ0n) is 11.6. The lowest BCUT2D eigenvalue weighted by Gasteiger charge is -2.36. The summed E-state index contributed by atoms with van der Waals surface area (Å²) in [4.78, 5) is 2.20. The van der Waals surface area contributed by atoms with Crippen LogP contribution in [0.4, 0.5) is 4.39 Å². The molecule has 1 saturated heterocycles. The Morgan fingerprint density at radius 2 is 1.95 bits per heavy atom. The van der Waals surface area contributed by atoms with E-state index in [9.17, 15) is 4.39 Å². The third kappa shape index (κ3) is 4.68. The second-order valence-corrected chi connectivity index (χ2v) is 5.71. The van der Waals surface area contributed by atoms with E-state index in [1.807, 2.05) is 0 Å². The van der Waals surface area contributed by atoms with Gasteiger partial charge in [0, 0.05) is 44.4 Å². The van der Waals surface area contributed by atoms with Crippen LogP contribution in [-0.4, -0.2) is 42.8 Å². The van der Waals surface area contributed by atoms with Crippen LogP contribution in [0.15, 0.2) is 12.1 Å². The SMILES string of the molecule is Cl.OCCC[C@@H](c1c(F)ccc(Cl)c1Cl)N1CCNCC1. The van der Waals surface area contributed by atoms with Crippen LogP contribution in [0.2, 0.25) is 10.0 Å². The van der Waals surface area contributed by atoms with Crippen LogP contribution < -0.4 is 5.32 Å². The molecule has 0 unspecified atom stereocenters. The van der Waals surface area contributed by atoms with Gasteiger partial charge < -0.3 is 10.4 Å². The summed E-state index contributed by atoms with van der Waals surface area (Å²) >= 11 is 12.2. The Bertz CT molecular complexity index is 456. The number of benzene rings is 1. The van der Waals surface area contributed by atoms with Gasteiger partial charge in [-0.2, -0.15) is 0 Å². The minimum absolute atomic E-state index is 0. The fourth-order valence-electron chi connectivity index (χ4n) is 2.64. The summed E-state index contributed by atoms with van der Waals surface area (Å²) in [7, 11) is 0. The largest absolute Gasteiger partial charge is 0.396 e. The second-order valence-electron chi connectivity index (χ2n) is 4.92. The standard InChI is InChI=1S/C14H19Cl2FN2O.ClH/c15-10-3-4-11(17)13(14(10)16)12(2-1-9-20)19-7-5-18-6-8-19;/h3-4,12,18,20H,1-2,5-9H2;1H/t12-;/m0./s1. The molecule has 1 aliphatic rings. The predicted molar refractivity (Wildman–Crippen MR) is 87.2 cm³/mol. The molecule has 1 aliphatic heterocycles. The maximum atomic E-state index is 14.2. The molecular weight excluding hydrogens is 338 g/mol. The Morgan fingerprint density at radius 1 is 1.29 bits per heavy atom. The molecule has 0 aromatic heterocycles. The number of piperazine rings is 1. The summed E-state index contributed by atoms with van der Waals surface area (Å²) in [6.07, 6.45) is 1.27. The van der Waals surface area contributed by atoms with Crippen molar-refractivity contribution >= 4 is 35.6 Å². The highest BCUT2D eigenvalue weighted by atomic mass is 35.5. The molecule has 1 aromatic rings. The molecule has 2 rings (SSSR count). The van der Waals surface area contributed by atoms with E-state index in [0.29, 0.717) is 23.4 Å². The Labute approximate surface area is 140 Å². The average molecular weight is 358 g/mol. The number of aliphatic hydroxyl groups excluding tert-OH is 1. The molecule has 21 heavy (non-hydrogen) atoms. The number of nitrogens with one attached hydrogen (secondary N) is 1. The van der Waals surface area contributed by atoms with Crippen molar-refractivity contribution in [1.82, 2.24) is 10.2 Å². The first-order chi connectivity index (χ1) is 9.65. The number of nitrogens with zero attached hydrogens (tertiary/aromatic N) is 1. The van der Waals surface area contributed by atoms with Gasteiger partial charge in [-0.05, 0) is 25.0 Å². The lowest BCUT2D eigenvalue weighted by molar-refractivity contribution is 0.152. The third-order valence-corrected chi connectivity index (χ3v) is 4.46. The maximum Gasteiger partial charge on any atom is 0.129 e. The Morgan fingerprint density at radius 3 is 2.57 bits per heavy atom. The molecular formula is C14H20Cl3FN2O. The molecule has 1 heterocycles. The molecule has 7 heteroatoms. The van der Waals surface area contributed by atoms with Crippen molar-refractivity contribution in [2.75, 3.05) is 32.8 Å². The van der Waals surface area contributed by atoms with Gasteiger partial charge in [0.2, 0.25) is 0 Å². The topological polar surface area (TPSA) is 35.5 Å². The minimum Gasteiger partial charge on any atom is -0.396 e. The van der Waals surface area contributed by atoms with Crippen LogP contribution in [0.25, 0.3) is 0 Å². The van der Waals surface area contributed by atoms with E-state index >= 15 is 0 Å². The number of halogens is 4. The van der Waals surface area contributed by atoms with Crippen LogP contribution in [0.5, 0.6) is 0 Å². The highest BCUT2D eigenvalue weighted by Crippen LogP contribution is 2.37. The number of aliphatic hydroxyl groups is 1. The van der Waals surface area contributed by atoms with Gasteiger partial charge in [0.1, 0.15) is 5.82 Å². The molecule has 1 fully saturated rings. The maximum absolute atomic E-state index is 14.2. The van der Waals surface area contributed by atoms with Gasteiger partial charge >= 0.3 is 0 Å². The van der Waals surface area contributed by atoms with Crippen molar-refractivity contribution in [1.29, 1.82) is 0 Å². The summed E-state index contributed by atoms with van der Waals surface area (Å²) in [6.45, 7) is 3.49. The molecule has 3 nitrogen and oxygen atoms in total.